The van der Waals surface area contributed by atoms with Crippen LogP contribution in [0.25, 0.3) is 0 Å². The number of hydrogen-bond acceptors (Lipinski definition) is 3. The Hall–Kier alpha value is -1.36. The fraction of sp³-hybridized carbons (Fsp3) is 0.789. The molecule has 5 heteroatoms. The molecule has 3 fully saturated rings. The van der Waals surface area contributed by atoms with Gasteiger partial charge in [0.2, 0.25) is 5.91 Å². The summed E-state index contributed by atoms with van der Waals surface area (Å²) in [6, 6.07) is 1.76. The molecule has 1 N–H and O–H groups in total. The molecule has 1 amide bonds. The van der Waals surface area contributed by atoms with E-state index in [0.717, 1.165) is 44.6 Å². The summed E-state index contributed by atoms with van der Waals surface area (Å²) in [4.78, 5) is 19.4. The number of carbonyl (C=O) groups excluding carboxylic acids is 1. The number of nitrogens with zero attached hydrogens (tertiary/aromatic N) is 3. The number of aryl methyl sites for hydroxylation is 1. The molecule has 1 aromatic rings. The Morgan fingerprint density at radius 1 is 1.29 bits per heavy atom. The summed E-state index contributed by atoms with van der Waals surface area (Å²) in [6.07, 6.45) is 13.0. The van der Waals surface area contributed by atoms with Crippen LogP contribution in [-0.4, -0.2) is 45.5 Å². The first-order chi connectivity index (χ1) is 11.7. The lowest BCUT2D eigenvalue weighted by Crippen LogP contribution is -2.43. The van der Waals surface area contributed by atoms with Gasteiger partial charge in [-0.15, -0.1) is 0 Å². The molecule has 3 aliphatic rings. The fourth-order valence-corrected chi connectivity index (χ4v) is 5.08. The van der Waals surface area contributed by atoms with E-state index >= 15 is 0 Å². The molecule has 0 aromatic carbocycles. The maximum atomic E-state index is 12.9. The Labute approximate surface area is 144 Å². The summed E-state index contributed by atoms with van der Waals surface area (Å²) in [7, 11) is 0. The van der Waals surface area contributed by atoms with Gasteiger partial charge < -0.3 is 14.8 Å². The second kappa shape index (κ2) is 6.87. The molecule has 0 radical (unpaired) electrons. The molecule has 0 spiro atoms. The van der Waals surface area contributed by atoms with Crippen LogP contribution in [0.2, 0.25) is 0 Å². The molecule has 3 aliphatic heterocycles. The number of aromatic nitrogens is 2. The molecule has 1 aromatic heterocycles. The van der Waals surface area contributed by atoms with E-state index in [2.05, 4.69) is 32.9 Å². The number of rotatable bonds is 4. The minimum atomic E-state index is 0.379. The maximum absolute atomic E-state index is 12.9. The van der Waals surface area contributed by atoms with Crippen LogP contribution >= 0.6 is 0 Å². The van der Waals surface area contributed by atoms with Gasteiger partial charge in [-0.1, -0.05) is 6.92 Å². The van der Waals surface area contributed by atoms with E-state index in [-0.39, 0.29) is 0 Å². The normalized spacial score (nSPS) is 33.0. The van der Waals surface area contributed by atoms with Crippen LogP contribution in [0.3, 0.4) is 0 Å². The Bertz CT molecular complexity index is 572. The third kappa shape index (κ3) is 3.23. The molecular weight excluding hydrogens is 300 g/mol. The first kappa shape index (κ1) is 16.1. The second-order valence-electron chi connectivity index (χ2n) is 7.92. The number of carbonyl (C=O) groups is 1. The van der Waals surface area contributed by atoms with E-state index in [9.17, 15) is 4.79 Å². The van der Waals surface area contributed by atoms with Gasteiger partial charge in [-0.3, -0.25) is 4.79 Å². The van der Waals surface area contributed by atoms with Gasteiger partial charge in [0.15, 0.2) is 0 Å². The smallest absolute Gasteiger partial charge is 0.222 e. The van der Waals surface area contributed by atoms with Crippen molar-refractivity contribution in [3.05, 3.63) is 18.2 Å². The summed E-state index contributed by atoms with van der Waals surface area (Å²) >= 11 is 0. The van der Waals surface area contributed by atoms with Gasteiger partial charge in [0, 0.05) is 50.4 Å². The third-order valence-corrected chi connectivity index (χ3v) is 6.24. The van der Waals surface area contributed by atoms with Gasteiger partial charge in [0.05, 0.1) is 6.04 Å². The topological polar surface area (TPSA) is 50.2 Å². The van der Waals surface area contributed by atoms with Crippen LogP contribution in [0.5, 0.6) is 0 Å². The first-order valence-corrected chi connectivity index (χ1v) is 9.78. The van der Waals surface area contributed by atoms with Gasteiger partial charge in [0.25, 0.3) is 0 Å². The highest BCUT2D eigenvalue weighted by molar-refractivity contribution is 5.76. The zero-order chi connectivity index (χ0) is 16.5. The number of likely N-dealkylation sites (tertiary alicyclic amines) is 1. The highest BCUT2D eigenvalue weighted by Gasteiger charge is 2.35. The summed E-state index contributed by atoms with van der Waals surface area (Å²) < 4.78 is 2.30. The Balaban J connectivity index is 1.36. The van der Waals surface area contributed by atoms with E-state index in [1.165, 1.54) is 25.7 Å². The number of piperidine rings is 2. The van der Waals surface area contributed by atoms with Crippen molar-refractivity contribution in [1.82, 2.24) is 19.8 Å². The van der Waals surface area contributed by atoms with Crippen LogP contribution in [0, 0.1) is 5.92 Å². The molecule has 4 rings (SSSR count). The van der Waals surface area contributed by atoms with Crippen LogP contribution in [-0.2, 0) is 11.2 Å². The molecule has 2 bridgehead atoms. The highest BCUT2D eigenvalue weighted by atomic mass is 16.2. The van der Waals surface area contributed by atoms with Crippen molar-refractivity contribution in [2.75, 3.05) is 13.1 Å². The Kier molecular flexibility index (Phi) is 4.61. The van der Waals surface area contributed by atoms with Gasteiger partial charge in [-0.2, -0.15) is 0 Å². The predicted molar refractivity (Wildman–Crippen MR) is 93.7 cm³/mol. The number of amides is 1. The zero-order valence-electron chi connectivity index (χ0n) is 14.8. The molecule has 3 atom stereocenters. The average molecular weight is 330 g/mol. The largest absolute Gasteiger partial charge is 0.341 e. The van der Waals surface area contributed by atoms with Crippen molar-refractivity contribution >= 4 is 5.91 Å². The average Bonchev–Trinajstić information content (AvgIpc) is 3.21. The Morgan fingerprint density at radius 2 is 2.08 bits per heavy atom. The minimum Gasteiger partial charge on any atom is -0.341 e. The van der Waals surface area contributed by atoms with Gasteiger partial charge >= 0.3 is 0 Å². The molecular formula is C19H30N4O. The van der Waals surface area contributed by atoms with Crippen LogP contribution < -0.4 is 5.32 Å². The van der Waals surface area contributed by atoms with Crippen LogP contribution in [0.1, 0.15) is 63.7 Å². The molecule has 24 heavy (non-hydrogen) atoms. The van der Waals surface area contributed by atoms with Gasteiger partial charge in [0.1, 0.15) is 5.82 Å². The van der Waals surface area contributed by atoms with E-state index in [0.29, 0.717) is 30.0 Å². The van der Waals surface area contributed by atoms with Crippen molar-refractivity contribution < 1.29 is 4.79 Å². The number of fused-ring (bicyclic) bond motifs is 2. The molecule has 0 saturated carbocycles. The monoisotopic (exact) mass is 330 g/mol. The quantitative estimate of drug-likeness (QED) is 0.923. The summed E-state index contributed by atoms with van der Waals surface area (Å²) in [6.45, 7) is 3.94. The van der Waals surface area contributed by atoms with Crippen molar-refractivity contribution in [2.24, 2.45) is 5.92 Å². The first-order valence-electron chi connectivity index (χ1n) is 9.78. The molecule has 4 heterocycles. The van der Waals surface area contributed by atoms with E-state index in [4.69, 9.17) is 0 Å². The number of nitrogens with one attached hydrogen (secondary N) is 1. The predicted octanol–water partition coefficient (Wildman–Crippen LogP) is 2.53. The van der Waals surface area contributed by atoms with Gasteiger partial charge in [-0.05, 0) is 44.4 Å². The molecule has 3 saturated heterocycles. The summed E-state index contributed by atoms with van der Waals surface area (Å²) in [5.74, 6) is 2.12. The third-order valence-electron chi connectivity index (χ3n) is 6.24. The zero-order valence-corrected chi connectivity index (χ0v) is 14.8. The molecule has 3 unspecified atom stereocenters. The lowest BCUT2D eigenvalue weighted by atomic mass is 9.89. The van der Waals surface area contributed by atoms with Crippen molar-refractivity contribution in [2.45, 2.75) is 76.4 Å². The molecule has 5 nitrogen and oxygen atoms in total. The van der Waals surface area contributed by atoms with E-state index in [1.54, 1.807) is 0 Å². The summed E-state index contributed by atoms with van der Waals surface area (Å²) in [5, 5.41) is 3.68. The van der Waals surface area contributed by atoms with Crippen molar-refractivity contribution in [3.63, 3.8) is 0 Å². The van der Waals surface area contributed by atoms with Crippen molar-refractivity contribution in [1.29, 1.82) is 0 Å². The number of hydrogen-bond donors (Lipinski definition) is 1. The van der Waals surface area contributed by atoms with E-state index < -0.39 is 0 Å². The standard InChI is InChI=1S/C19H30N4O/c1-2-18-20-7-9-23(18)17-4-3-8-22(13-17)19(24)12-14-10-15-5-6-16(11-14)21-15/h7,9,14-17,21H,2-6,8,10-13H2,1H3. The number of imidazole rings is 1. The summed E-state index contributed by atoms with van der Waals surface area (Å²) in [5.41, 5.74) is 0. The van der Waals surface area contributed by atoms with Crippen molar-refractivity contribution in [3.8, 4) is 0 Å². The lowest BCUT2D eigenvalue weighted by molar-refractivity contribution is -0.134. The second-order valence-corrected chi connectivity index (χ2v) is 7.92. The van der Waals surface area contributed by atoms with Gasteiger partial charge in [-0.25, -0.2) is 4.98 Å². The Morgan fingerprint density at radius 3 is 2.83 bits per heavy atom. The molecule has 0 aliphatic carbocycles. The van der Waals surface area contributed by atoms with E-state index in [1.807, 2.05) is 6.20 Å². The minimum absolute atomic E-state index is 0.379. The van der Waals surface area contributed by atoms with Crippen LogP contribution in [0.15, 0.2) is 12.4 Å². The van der Waals surface area contributed by atoms with Crippen LogP contribution in [0.4, 0.5) is 0 Å². The maximum Gasteiger partial charge on any atom is 0.222 e. The molecule has 132 valence electrons. The SMILES string of the molecule is CCc1nccn1C1CCCN(C(=O)CC2CC3CCC(C2)N3)C1. The lowest BCUT2D eigenvalue weighted by Gasteiger charge is -2.36. The fourth-order valence-electron chi connectivity index (χ4n) is 5.08. The highest BCUT2D eigenvalue weighted by Crippen LogP contribution is 2.33.